The van der Waals surface area contributed by atoms with Gasteiger partial charge in [-0.25, -0.2) is 4.98 Å². The van der Waals surface area contributed by atoms with Gasteiger partial charge in [0.2, 0.25) is 11.8 Å². The van der Waals surface area contributed by atoms with Crippen LogP contribution in [0.2, 0.25) is 0 Å². The average molecular weight is 219 g/mol. The number of nitrogens with one attached hydrogen (secondary N) is 2. The lowest BCUT2D eigenvalue weighted by Gasteiger charge is -2.04. The van der Waals surface area contributed by atoms with Gasteiger partial charge in [0.1, 0.15) is 5.82 Å². The Morgan fingerprint density at radius 2 is 2.06 bits per heavy atom. The van der Waals surface area contributed by atoms with Gasteiger partial charge >= 0.3 is 0 Å². The van der Waals surface area contributed by atoms with Crippen molar-refractivity contribution in [2.24, 2.45) is 5.92 Å². The highest BCUT2D eigenvalue weighted by molar-refractivity contribution is 5.93. The van der Waals surface area contributed by atoms with Crippen LogP contribution in [-0.2, 0) is 9.59 Å². The maximum absolute atomic E-state index is 11.4. The molecule has 1 fully saturated rings. The number of hydrogen-bond acceptors (Lipinski definition) is 3. The molecule has 1 aromatic heterocycles. The minimum atomic E-state index is -0.142. The summed E-state index contributed by atoms with van der Waals surface area (Å²) >= 11 is 0. The molecular formula is C11H13N3O2. The van der Waals surface area contributed by atoms with Crippen LogP contribution in [0.1, 0.15) is 19.8 Å². The monoisotopic (exact) mass is 219 g/mol. The molecule has 1 aliphatic rings. The van der Waals surface area contributed by atoms with Gasteiger partial charge in [-0.2, -0.15) is 0 Å². The molecule has 84 valence electrons. The van der Waals surface area contributed by atoms with Crippen LogP contribution >= 0.6 is 0 Å². The highest BCUT2D eigenvalue weighted by Crippen LogP contribution is 2.29. The largest absolute Gasteiger partial charge is 0.325 e. The van der Waals surface area contributed by atoms with Gasteiger partial charge in [-0.15, -0.1) is 0 Å². The third-order valence-corrected chi connectivity index (χ3v) is 2.28. The van der Waals surface area contributed by atoms with Crippen LogP contribution in [-0.4, -0.2) is 16.8 Å². The summed E-state index contributed by atoms with van der Waals surface area (Å²) in [6.07, 6.45) is 3.45. The van der Waals surface area contributed by atoms with E-state index in [0.29, 0.717) is 11.5 Å². The number of hydrogen-bond donors (Lipinski definition) is 2. The van der Waals surface area contributed by atoms with Crippen LogP contribution in [0.5, 0.6) is 0 Å². The first-order valence-electron chi connectivity index (χ1n) is 5.19. The number of carbonyl (C=O) groups is 2. The van der Waals surface area contributed by atoms with E-state index in [1.54, 1.807) is 12.1 Å². The molecule has 0 aromatic carbocycles. The van der Waals surface area contributed by atoms with Crippen molar-refractivity contribution in [2.75, 3.05) is 10.6 Å². The molecule has 1 saturated carbocycles. The molecule has 2 amide bonds. The third-order valence-electron chi connectivity index (χ3n) is 2.28. The van der Waals surface area contributed by atoms with E-state index in [1.807, 2.05) is 0 Å². The summed E-state index contributed by atoms with van der Waals surface area (Å²) in [5.41, 5.74) is 0.622. The van der Waals surface area contributed by atoms with Crippen molar-refractivity contribution in [1.82, 2.24) is 4.98 Å². The van der Waals surface area contributed by atoms with Crippen LogP contribution in [0.3, 0.4) is 0 Å². The Morgan fingerprint density at radius 1 is 1.31 bits per heavy atom. The van der Waals surface area contributed by atoms with E-state index in [0.717, 1.165) is 12.8 Å². The third kappa shape index (κ3) is 2.79. The van der Waals surface area contributed by atoms with Crippen LogP contribution in [0, 0.1) is 5.92 Å². The minimum absolute atomic E-state index is 0.0276. The maximum Gasteiger partial charge on any atom is 0.228 e. The van der Waals surface area contributed by atoms with Crippen molar-refractivity contribution in [1.29, 1.82) is 0 Å². The number of amides is 2. The van der Waals surface area contributed by atoms with E-state index in [-0.39, 0.29) is 17.7 Å². The van der Waals surface area contributed by atoms with E-state index in [2.05, 4.69) is 15.6 Å². The first-order valence-corrected chi connectivity index (χ1v) is 5.19. The number of pyridine rings is 1. The van der Waals surface area contributed by atoms with Crippen molar-refractivity contribution in [3.05, 3.63) is 18.3 Å². The summed E-state index contributed by atoms with van der Waals surface area (Å²) in [5, 5.41) is 5.33. The number of carbonyl (C=O) groups excluding carboxylic acids is 2. The van der Waals surface area contributed by atoms with E-state index >= 15 is 0 Å². The second kappa shape index (κ2) is 4.30. The predicted octanol–water partition coefficient (Wildman–Crippen LogP) is 1.39. The van der Waals surface area contributed by atoms with Gasteiger partial charge in [0.25, 0.3) is 0 Å². The van der Waals surface area contributed by atoms with Crippen LogP contribution < -0.4 is 10.6 Å². The Hall–Kier alpha value is -1.91. The number of aromatic nitrogens is 1. The average Bonchev–Trinajstić information content (AvgIpc) is 3.03. The van der Waals surface area contributed by atoms with Crippen molar-refractivity contribution in [3.63, 3.8) is 0 Å². The molecule has 0 spiro atoms. The first kappa shape index (κ1) is 10.6. The summed E-state index contributed by atoms with van der Waals surface area (Å²) in [7, 11) is 0. The van der Waals surface area contributed by atoms with Crippen LogP contribution in [0.25, 0.3) is 0 Å². The lowest BCUT2D eigenvalue weighted by Crippen LogP contribution is -2.14. The lowest BCUT2D eigenvalue weighted by atomic mass is 10.3. The van der Waals surface area contributed by atoms with Gasteiger partial charge in [0.05, 0.1) is 11.9 Å². The molecule has 0 bridgehead atoms. The Labute approximate surface area is 93.3 Å². The highest BCUT2D eigenvalue weighted by Gasteiger charge is 2.29. The fraction of sp³-hybridized carbons (Fsp3) is 0.364. The van der Waals surface area contributed by atoms with E-state index in [1.165, 1.54) is 13.1 Å². The summed E-state index contributed by atoms with van der Waals surface area (Å²) in [4.78, 5) is 26.2. The van der Waals surface area contributed by atoms with Gasteiger partial charge in [0.15, 0.2) is 0 Å². The molecule has 0 atom stereocenters. The summed E-state index contributed by atoms with van der Waals surface area (Å²) < 4.78 is 0. The summed E-state index contributed by atoms with van der Waals surface area (Å²) in [6.45, 7) is 1.43. The molecule has 5 heteroatoms. The van der Waals surface area contributed by atoms with Gasteiger partial charge in [0, 0.05) is 12.8 Å². The second-order valence-electron chi connectivity index (χ2n) is 3.88. The summed E-state index contributed by atoms with van der Waals surface area (Å²) in [5.74, 6) is 0.569. The van der Waals surface area contributed by atoms with Gasteiger partial charge in [-0.3, -0.25) is 9.59 Å². The molecule has 0 aliphatic heterocycles. The normalized spacial score (nSPS) is 14.3. The SMILES string of the molecule is CC(=O)Nc1ccc(NC(=O)C2CC2)nc1. The number of anilines is 2. The first-order chi connectivity index (χ1) is 7.65. The molecule has 2 rings (SSSR count). The Morgan fingerprint density at radius 3 is 2.56 bits per heavy atom. The standard InChI is InChI=1S/C11H13N3O2/c1-7(15)13-9-4-5-10(12-6-9)14-11(16)8-2-3-8/h4-6,8H,2-3H2,1H3,(H,13,15)(H,12,14,16). The van der Waals surface area contributed by atoms with Crippen LogP contribution in [0.4, 0.5) is 11.5 Å². The highest BCUT2D eigenvalue weighted by atomic mass is 16.2. The minimum Gasteiger partial charge on any atom is -0.325 e. The Kier molecular flexibility index (Phi) is 2.85. The molecular weight excluding hydrogens is 206 g/mol. The molecule has 5 nitrogen and oxygen atoms in total. The Balaban J connectivity index is 1.95. The smallest absolute Gasteiger partial charge is 0.228 e. The number of rotatable bonds is 3. The van der Waals surface area contributed by atoms with Crippen LogP contribution in [0.15, 0.2) is 18.3 Å². The van der Waals surface area contributed by atoms with Crippen molar-refractivity contribution in [2.45, 2.75) is 19.8 Å². The van der Waals surface area contributed by atoms with E-state index in [9.17, 15) is 9.59 Å². The zero-order chi connectivity index (χ0) is 11.5. The lowest BCUT2D eigenvalue weighted by molar-refractivity contribution is -0.117. The van der Waals surface area contributed by atoms with E-state index in [4.69, 9.17) is 0 Å². The fourth-order valence-corrected chi connectivity index (χ4v) is 1.32. The number of nitrogens with zero attached hydrogens (tertiary/aromatic N) is 1. The molecule has 2 N–H and O–H groups in total. The molecule has 1 heterocycles. The molecule has 0 unspecified atom stereocenters. The maximum atomic E-state index is 11.4. The van der Waals surface area contributed by atoms with Gasteiger partial charge < -0.3 is 10.6 Å². The fourth-order valence-electron chi connectivity index (χ4n) is 1.32. The van der Waals surface area contributed by atoms with Crippen molar-refractivity contribution in [3.8, 4) is 0 Å². The molecule has 1 aliphatic carbocycles. The van der Waals surface area contributed by atoms with Gasteiger partial charge in [-0.05, 0) is 25.0 Å². The Bertz CT molecular complexity index is 410. The van der Waals surface area contributed by atoms with Crippen molar-refractivity contribution < 1.29 is 9.59 Å². The molecule has 0 radical (unpaired) electrons. The quantitative estimate of drug-likeness (QED) is 0.806. The summed E-state index contributed by atoms with van der Waals surface area (Å²) in [6, 6.07) is 3.38. The van der Waals surface area contributed by atoms with Gasteiger partial charge in [-0.1, -0.05) is 0 Å². The predicted molar refractivity (Wildman–Crippen MR) is 59.9 cm³/mol. The zero-order valence-electron chi connectivity index (χ0n) is 8.99. The topological polar surface area (TPSA) is 71.1 Å². The van der Waals surface area contributed by atoms with E-state index < -0.39 is 0 Å². The second-order valence-corrected chi connectivity index (χ2v) is 3.88. The zero-order valence-corrected chi connectivity index (χ0v) is 8.99. The molecule has 1 aromatic rings. The molecule has 16 heavy (non-hydrogen) atoms. The molecule has 0 saturated heterocycles. The van der Waals surface area contributed by atoms with Crippen molar-refractivity contribution >= 4 is 23.3 Å².